The quantitative estimate of drug-likeness (QED) is 0.352. The normalized spacial score (nSPS) is 12.0. The summed E-state index contributed by atoms with van der Waals surface area (Å²) in [5.74, 6) is -1.00. The highest BCUT2D eigenvalue weighted by molar-refractivity contribution is 7.92. The van der Waals surface area contributed by atoms with E-state index in [1.54, 1.807) is 49.4 Å². The van der Waals surface area contributed by atoms with Crippen LogP contribution in [0.4, 0.5) is 5.69 Å². The lowest BCUT2D eigenvalue weighted by Crippen LogP contribution is -2.18. The average Bonchev–Trinajstić information content (AvgIpc) is 3.20. The maximum atomic E-state index is 13.2. The van der Waals surface area contributed by atoms with Gasteiger partial charge in [0.05, 0.1) is 38.5 Å². The van der Waals surface area contributed by atoms with E-state index in [1.165, 1.54) is 35.6 Å². The summed E-state index contributed by atoms with van der Waals surface area (Å²) in [4.78, 5) is 30.2. The fraction of sp³-hybridized carbons (Fsp3) is 0.192. The van der Waals surface area contributed by atoms with Gasteiger partial charge >= 0.3 is 5.97 Å². The van der Waals surface area contributed by atoms with Crippen molar-refractivity contribution in [2.24, 2.45) is 4.99 Å². The van der Waals surface area contributed by atoms with E-state index in [2.05, 4.69) is 9.71 Å². The van der Waals surface area contributed by atoms with Gasteiger partial charge in [0.25, 0.3) is 15.9 Å². The summed E-state index contributed by atoms with van der Waals surface area (Å²) in [5.41, 5.74) is 2.45. The van der Waals surface area contributed by atoms with Crippen LogP contribution in [-0.2, 0) is 21.3 Å². The van der Waals surface area contributed by atoms with Crippen LogP contribution in [0.3, 0.4) is 0 Å². The first-order valence-corrected chi connectivity index (χ1v) is 13.6. The summed E-state index contributed by atoms with van der Waals surface area (Å²) in [7, 11) is -3.90. The van der Waals surface area contributed by atoms with Crippen LogP contribution in [0.2, 0.25) is 0 Å². The third-order valence-electron chi connectivity index (χ3n) is 5.44. The zero-order valence-corrected chi connectivity index (χ0v) is 21.7. The topological polar surface area (TPSA) is 107 Å². The van der Waals surface area contributed by atoms with E-state index < -0.39 is 21.9 Å². The van der Waals surface area contributed by atoms with Gasteiger partial charge in [-0.3, -0.25) is 9.52 Å². The van der Waals surface area contributed by atoms with Gasteiger partial charge < -0.3 is 9.30 Å². The molecule has 0 saturated carbocycles. The van der Waals surface area contributed by atoms with Gasteiger partial charge in [-0.25, -0.2) is 13.2 Å². The minimum absolute atomic E-state index is 0.0954. The number of carbonyl (C=O) groups is 2. The molecule has 0 saturated heterocycles. The van der Waals surface area contributed by atoms with E-state index >= 15 is 0 Å². The van der Waals surface area contributed by atoms with Crippen molar-refractivity contribution in [3.8, 4) is 0 Å². The van der Waals surface area contributed by atoms with E-state index in [9.17, 15) is 18.0 Å². The van der Waals surface area contributed by atoms with Crippen LogP contribution in [-0.4, -0.2) is 31.5 Å². The number of amides is 1. The molecule has 0 unspecified atom stereocenters. The smallest absolute Gasteiger partial charge is 0.338 e. The number of aryl methyl sites for hydroxylation is 2. The zero-order chi connectivity index (χ0) is 25.9. The maximum Gasteiger partial charge on any atom is 0.338 e. The Bertz CT molecular complexity index is 1620. The van der Waals surface area contributed by atoms with Gasteiger partial charge in [-0.1, -0.05) is 41.2 Å². The van der Waals surface area contributed by atoms with Gasteiger partial charge in [-0.05, 0) is 63.2 Å². The Morgan fingerprint density at radius 1 is 1.03 bits per heavy atom. The Hall–Kier alpha value is -3.76. The molecule has 0 aliphatic carbocycles. The Kier molecular flexibility index (Phi) is 7.37. The second kappa shape index (κ2) is 10.5. The predicted molar refractivity (Wildman–Crippen MR) is 140 cm³/mol. The minimum Gasteiger partial charge on any atom is -0.462 e. The largest absolute Gasteiger partial charge is 0.462 e. The molecule has 4 rings (SSSR count). The van der Waals surface area contributed by atoms with Crippen LogP contribution in [0.25, 0.3) is 10.2 Å². The number of nitrogens with one attached hydrogen (secondary N) is 1. The second-order valence-corrected chi connectivity index (χ2v) is 10.6. The Morgan fingerprint density at radius 2 is 1.75 bits per heavy atom. The number of hydrogen-bond acceptors (Lipinski definition) is 6. The lowest BCUT2D eigenvalue weighted by Gasteiger charge is -2.11. The number of sulfonamides is 1. The molecular formula is C26H25N3O5S2. The van der Waals surface area contributed by atoms with Gasteiger partial charge in [0.2, 0.25) is 0 Å². The van der Waals surface area contributed by atoms with E-state index in [0.29, 0.717) is 16.9 Å². The number of rotatable bonds is 7. The van der Waals surface area contributed by atoms with Gasteiger partial charge in [0.1, 0.15) is 0 Å². The first-order chi connectivity index (χ1) is 17.2. The Balaban J connectivity index is 1.72. The van der Waals surface area contributed by atoms with Crippen molar-refractivity contribution in [3.05, 3.63) is 88.2 Å². The minimum atomic E-state index is -3.90. The molecule has 1 heterocycles. The summed E-state index contributed by atoms with van der Waals surface area (Å²) < 4.78 is 36.0. The van der Waals surface area contributed by atoms with Crippen molar-refractivity contribution in [3.63, 3.8) is 0 Å². The third kappa shape index (κ3) is 5.24. The highest BCUT2D eigenvalue weighted by Crippen LogP contribution is 2.23. The van der Waals surface area contributed by atoms with Crippen molar-refractivity contribution in [1.29, 1.82) is 0 Å². The van der Waals surface area contributed by atoms with Crippen LogP contribution < -0.4 is 9.52 Å². The molecule has 0 radical (unpaired) electrons. The summed E-state index contributed by atoms with van der Waals surface area (Å²) in [6.45, 7) is 6.37. The molecule has 4 aromatic rings. The molecule has 0 aliphatic rings. The van der Waals surface area contributed by atoms with E-state index in [-0.39, 0.29) is 22.8 Å². The molecule has 0 atom stereocenters. The number of benzene rings is 3. The van der Waals surface area contributed by atoms with Crippen LogP contribution in [0.5, 0.6) is 0 Å². The van der Waals surface area contributed by atoms with Gasteiger partial charge in [0, 0.05) is 6.54 Å². The molecule has 36 heavy (non-hydrogen) atoms. The summed E-state index contributed by atoms with van der Waals surface area (Å²) in [6.07, 6.45) is 0. The lowest BCUT2D eigenvalue weighted by molar-refractivity contribution is 0.0526. The van der Waals surface area contributed by atoms with Crippen molar-refractivity contribution in [2.75, 3.05) is 11.3 Å². The first-order valence-electron chi connectivity index (χ1n) is 11.3. The number of ether oxygens (including phenoxy) is 1. The van der Waals surface area contributed by atoms with Crippen LogP contribution in [0, 0.1) is 6.92 Å². The highest BCUT2D eigenvalue weighted by atomic mass is 32.2. The van der Waals surface area contributed by atoms with E-state index in [0.717, 1.165) is 15.8 Å². The molecule has 0 bridgehead atoms. The summed E-state index contributed by atoms with van der Waals surface area (Å²) in [6, 6.07) is 18.0. The van der Waals surface area contributed by atoms with Gasteiger partial charge in [-0.15, -0.1) is 0 Å². The number of para-hydroxylation sites is 1. The molecule has 1 aromatic heterocycles. The number of fused-ring (bicyclic) bond motifs is 1. The molecule has 186 valence electrons. The molecular weight excluding hydrogens is 498 g/mol. The molecule has 0 aliphatic heterocycles. The fourth-order valence-corrected chi connectivity index (χ4v) is 5.84. The zero-order valence-electron chi connectivity index (χ0n) is 20.0. The number of esters is 1. The molecule has 8 nitrogen and oxygen atoms in total. The Morgan fingerprint density at radius 3 is 2.44 bits per heavy atom. The summed E-state index contributed by atoms with van der Waals surface area (Å²) >= 11 is 1.27. The molecule has 1 N–H and O–H groups in total. The maximum absolute atomic E-state index is 13.2. The van der Waals surface area contributed by atoms with Crippen molar-refractivity contribution in [2.45, 2.75) is 32.2 Å². The molecule has 1 amide bonds. The number of aromatic nitrogens is 1. The number of thiazole rings is 1. The molecule has 0 spiro atoms. The van der Waals surface area contributed by atoms with Crippen molar-refractivity contribution >= 4 is 49.1 Å². The molecule has 3 aromatic carbocycles. The van der Waals surface area contributed by atoms with Crippen molar-refractivity contribution < 1.29 is 22.7 Å². The monoisotopic (exact) mass is 523 g/mol. The molecule has 0 fully saturated rings. The van der Waals surface area contributed by atoms with E-state index in [1.807, 2.05) is 18.4 Å². The van der Waals surface area contributed by atoms with Gasteiger partial charge in [0.15, 0.2) is 4.80 Å². The lowest BCUT2D eigenvalue weighted by atomic mass is 10.2. The molecule has 10 heteroatoms. The van der Waals surface area contributed by atoms with Crippen LogP contribution in [0.1, 0.15) is 40.1 Å². The second-order valence-electron chi connectivity index (χ2n) is 7.91. The predicted octanol–water partition coefficient (Wildman–Crippen LogP) is 4.75. The first kappa shape index (κ1) is 25.3. The average molecular weight is 524 g/mol. The van der Waals surface area contributed by atoms with Crippen LogP contribution in [0.15, 0.2) is 76.6 Å². The number of hydrogen-bond donors (Lipinski definition) is 1. The van der Waals surface area contributed by atoms with Crippen LogP contribution >= 0.6 is 11.3 Å². The highest BCUT2D eigenvalue weighted by Gasteiger charge is 2.19. The van der Waals surface area contributed by atoms with Crippen molar-refractivity contribution in [1.82, 2.24) is 4.57 Å². The Labute approximate surface area is 212 Å². The number of anilines is 1. The standard InChI is InChI=1S/C26H25N3O5S2/c1-4-29-22-15-12-18(25(31)34-5-2)16-23(22)35-26(29)27-24(30)20-8-6-7-9-21(20)28-36(32,33)19-13-10-17(3)11-14-19/h6-16,28H,4-5H2,1-3H3. The van der Waals surface area contributed by atoms with Gasteiger partial charge in [-0.2, -0.15) is 4.99 Å². The number of nitrogens with zero attached hydrogens (tertiary/aromatic N) is 2. The SMILES string of the molecule is CCOC(=O)c1ccc2c(c1)sc(=NC(=O)c1ccccc1NS(=O)(=O)c1ccc(C)cc1)n2CC. The number of carbonyl (C=O) groups excluding carboxylic acids is 2. The summed E-state index contributed by atoms with van der Waals surface area (Å²) in [5, 5.41) is 0. The van der Waals surface area contributed by atoms with E-state index in [4.69, 9.17) is 4.74 Å². The fourth-order valence-electron chi connectivity index (χ4n) is 3.63. The third-order valence-corrected chi connectivity index (χ3v) is 7.86.